The van der Waals surface area contributed by atoms with Crippen molar-refractivity contribution in [3.05, 3.63) is 16.6 Å². The maximum absolute atomic E-state index is 9.89. The van der Waals surface area contributed by atoms with E-state index < -0.39 is 7.94 Å². The van der Waals surface area contributed by atoms with E-state index in [9.17, 15) is 4.89 Å². The van der Waals surface area contributed by atoms with E-state index in [-0.39, 0.29) is 0 Å². The summed E-state index contributed by atoms with van der Waals surface area (Å²) in [6.45, 7) is 1.19. The third kappa shape index (κ3) is 2.45. The van der Waals surface area contributed by atoms with Gasteiger partial charge >= 0.3 is 80.6 Å². The van der Waals surface area contributed by atoms with Gasteiger partial charge in [0, 0.05) is 0 Å². The van der Waals surface area contributed by atoms with Crippen molar-refractivity contribution in [2.24, 2.45) is 0 Å². The maximum atomic E-state index is 9.89. The van der Waals surface area contributed by atoms with Crippen LogP contribution < -0.4 is 0 Å². The Bertz CT molecular complexity index is 261. The Labute approximate surface area is 81.1 Å². The first-order valence-electron chi connectivity index (χ1n) is 4.09. The third-order valence-corrected chi connectivity index (χ3v) is 4.49. The van der Waals surface area contributed by atoms with Gasteiger partial charge in [0.15, 0.2) is 0 Å². The van der Waals surface area contributed by atoms with Gasteiger partial charge in [-0.2, -0.15) is 0 Å². The van der Waals surface area contributed by atoms with E-state index in [0.29, 0.717) is 19.4 Å². The van der Waals surface area contributed by atoms with Crippen molar-refractivity contribution in [2.45, 2.75) is 12.6 Å². The molecule has 0 unspecified atom stereocenters. The molecular formula is C7H11NO3PS. The Morgan fingerprint density at radius 3 is 3.00 bits per heavy atom. The molecule has 1 N–H and O–H groups in total. The molecule has 6 heteroatoms. The summed E-state index contributed by atoms with van der Waals surface area (Å²) < 4.78 is 10.5. The Morgan fingerprint density at radius 2 is 2.38 bits per heavy atom. The zero-order chi connectivity index (χ0) is 9.15. The van der Waals surface area contributed by atoms with Crippen LogP contribution in [0.15, 0.2) is 5.38 Å². The van der Waals surface area contributed by atoms with Crippen molar-refractivity contribution < 1.29 is 13.9 Å². The Kier molecular flexibility index (Phi) is 2.91. The Morgan fingerprint density at radius 1 is 1.62 bits per heavy atom. The van der Waals surface area contributed by atoms with Crippen LogP contribution in [0.3, 0.4) is 0 Å². The quantitative estimate of drug-likeness (QED) is 0.765. The van der Waals surface area contributed by atoms with Crippen LogP contribution in [0.1, 0.15) is 12.1 Å². The molecule has 73 valence electrons. The van der Waals surface area contributed by atoms with Crippen molar-refractivity contribution in [3.63, 3.8) is 0 Å². The molecule has 13 heavy (non-hydrogen) atoms. The van der Waals surface area contributed by atoms with Gasteiger partial charge in [0.2, 0.25) is 0 Å². The van der Waals surface area contributed by atoms with Gasteiger partial charge in [-0.1, -0.05) is 0 Å². The van der Waals surface area contributed by atoms with Crippen LogP contribution in [0, 0.1) is 5.51 Å². The molecule has 0 saturated carbocycles. The third-order valence-electron chi connectivity index (χ3n) is 1.79. The van der Waals surface area contributed by atoms with Gasteiger partial charge in [0.25, 0.3) is 0 Å². The summed E-state index contributed by atoms with van der Waals surface area (Å²) >= 11 is 1.39. The molecule has 2 rings (SSSR count). The van der Waals surface area contributed by atoms with Gasteiger partial charge in [-0.15, -0.1) is 0 Å². The van der Waals surface area contributed by atoms with Crippen LogP contribution in [0.5, 0.6) is 0 Å². The number of nitrogens with zero attached hydrogens (tertiary/aromatic N) is 1. The summed E-state index contributed by atoms with van der Waals surface area (Å²) in [5.41, 5.74) is 3.53. The molecular weight excluding hydrogens is 209 g/mol. The minimum absolute atomic E-state index is 0.410. The summed E-state index contributed by atoms with van der Waals surface area (Å²) in [5.74, 6) is 0. The zero-order valence-electron chi connectivity index (χ0n) is 7.02. The van der Waals surface area contributed by atoms with Gasteiger partial charge < -0.3 is 0 Å². The second-order valence-electron chi connectivity index (χ2n) is 2.87. The van der Waals surface area contributed by atoms with Crippen molar-refractivity contribution in [1.82, 2.24) is 4.98 Å². The number of hydrogen-bond acceptors (Lipinski definition) is 5. The van der Waals surface area contributed by atoms with E-state index in [0.717, 1.165) is 12.1 Å². The molecule has 1 saturated heterocycles. The molecule has 0 aliphatic carbocycles. The van der Waals surface area contributed by atoms with Gasteiger partial charge in [0.1, 0.15) is 0 Å². The Balaban J connectivity index is 1.99. The standard InChI is InChI=1S/C7H11NO3PS/c9-12(10-2-1-3-11-12)4-7-5-13-6-8-7/h5,9,12H,1-4H2. The van der Waals surface area contributed by atoms with Crippen LogP contribution in [-0.2, 0) is 15.2 Å². The molecule has 1 aliphatic heterocycles. The van der Waals surface area contributed by atoms with E-state index in [1.54, 1.807) is 0 Å². The number of aromatic nitrogens is 1. The van der Waals surface area contributed by atoms with Gasteiger partial charge in [-0.25, -0.2) is 0 Å². The molecule has 0 aromatic carbocycles. The number of thiazole rings is 1. The summed E-state index contributed by atoms with van der Waals surface area (Å²) in [6, 6.07) is 0. The van der Waals surface area contributed by atoms with Gasteiger partial charge in [-0.3, -0.25) is 0 Å². The molecule has 0 amide bonds. The fourth-order valence-corrected chi connectivity index (χ4v) is 3.68. The van der Waals surface area contributed by atoms with Crippen molar-refractivity contribution >= 4 is 19.3 Å². The first kappa shape index (κ1) is 9.49. The first-order valence-corrected chi connectivity index (χ1v) is 6.94. The molecule has 0 bridgehead atoms. The van der Waals surface area contributed by atoms with Gasteiger partial charge in [0.05, 0.1) is 0 Å². The van der Waals surface area contributed by atoms with Crippen LogP contribution >= 0.6 is 19.3 Å². The zero-order valence-corrected chi connectivity index (χ0v) is 8.84. The SMILES string of the molecule is O[PH]1(Cc2cs[c]n2)OCCCO1. The Hall–Kier alpha value is -0.0600. The van der Waals surface area contributed by atoms with Crippen LogP contribution in [-0.4, -0.2) is 23.1 Å². The van der Waals surface area contributed by atoms with Crippen molar-refractivity contribution in [2.75, 3.05) is 13.2 Å². The molecule has 1 fully saturated rings. The topological polar surface area (TPSA) is 51.6 Å². The monoisotopic (exact) mass is 220 g/mol. The molecule has 2 heterocycles. The first-order chi connectivity index (χ1) is 6.29. The van der Waals surface area contributed by atoms with Crippen molar-refractivity contribution in [3.8, 4) is 0 Å². The summed E-state index contributed by atoms with van der Waals surface area (Å²) in [4.78, 5) is 13.9. The van der Waals surface area contributed by atoms with E-state index >= 15 is 0 Å². The molecule has 4 nitrogen and oxygen atoms in total. The molecule has 1 aliphatic rings. The molecule has 1 aromatic heterocycles. The molecule has 0 spiro atoms. The predicted molar refractivity (Wildman–Crippen MR) is 51.7 cm³/mol. The van der Waals surface area contributed by atoms with Crippen LogP contribution in [0.25, 0.3) is 0 Å². The molecule has 1 aromatic rings. The summed E-state index contributed by atoms with van der Waals surface area (Å²) in [6.07, 6.45) is 1.27. The normalized spacial score (nSPS) is 24.1. The minimum atomic E-state index is -2.92. The average molecular weight is 220 g/mol. The molecule has 1 radical (unpaired) electrons. The van der Waals surface area contributed by atoms with E-state index in [1.165, 1.54) is 11.3 Å². The van der Waals surface area contributed by atoms with E-state index in [1.807, 2.05) is 5.38 Å². The van der Waals surface area contributed by atoms with E-state index in [4.69, 9.17) is 9.05 Å². The van der Waals surface area contributed by atoms with Crippen LogP contribution in [0.2, 0.25) is 0 Å². The average Bonchev–Trinajstić information content (AvgIpc) is 2.57. The molecule has 0 atom stereocenters. The summed E-state index contributed by atoms with van der Waals surface area (Å²) in [7, 11) is -2.92. The fraction of sp³-hybridized carbons (Fsp3) is 0.571. The number of hydrogen-bond donors (Lipinski definition) is 1. The summed E-state index contributed by atoms with van der Waals surface area (Å²) in [5, 5.41) is 1.85. The predicted octanol–water partition coefficient (Wildman–Crippen LogP) is 1.37. The number of rotatable bonds is 2. The fourth-order valence-electron chi connectivity index (χ4n) is 1.18. The second-order valence-corrected chi connectivity index (χ2v) is 5.88. The van der Waals surface area contributed by atoms with Gasteiger partial charge in [-0.05, 0) is 0 Å². The van der Waals surface area contributed by atoms with E-state index in [2.05, 4.69) is 10.5 Å². The van der Waals surface area contributed by atoms with Crippen molar-refractivity contribution in [1.29, 1.82) is 0 Å². The second kappa shape index (κ2) is 3.98. The van der Waals surface area contributed by atoms with Crippen LogP contribution in [0.4, 0.5) is 0 Å².